The van der Waals surface area contributed by atoms with Crippen LogP contribution in [-0.4, -0.2) is 53.1 Å². The maximum absolute atomic E-state index is 13.3. The summed E-state index contributed by atoms with van der Waals surface area (Å²) in [6, 6.07) is 20.4. The smallest absolute Gasteiger partial charge is 0.244 e. The molecule has 1 atom stereocenters. The van der Waals surface area contributed by atoms with Crippen LogP contribution in [0.3, 0.4) is 0 Å². The third kappa shape index (κ3) is 4.23. The van der Waals surface area contributed by atoms with Crippen LogP contribution in [0.15, 0.2) is 60.7 Å². The molecule has 27 heavy (non-hydrogen) atoms. The van der Waals surface area contributed by atoms with Gasteiger partial charge >= 0.3 is 0 Å². The zero-order chi connectivity index (χ0) is 18.6. The predicted octanol–water partition coefficient (Wildman–Crippen LogP) is 2.89. The van der Waals surface area contributed by atoms with E-state index < -0.39 is 0 Å². The molecule has 2 fully saturated rings. The number of likely N-dealkylation sites (tertiary alicyclic amines) is 2. The molecule has 0 radical (unpaired) electrons. The molecule has 2 aromatic rings. The molecule has 4 rings (SSSR count). The van der Waals surface area contributed by atoms with Gasteiger partial charge in [0.2, 0.25) is 5.91 Å². The molecule has 0 saturated carbocycles. The fourth-order valence-electron chi connectivity index (χ4n) is 4.29. The van der Waals surface area contributed by atoms with Crippen molar-refractivity contribution in [3.05, 3.63) is 71.8 Å². The van der Waals surface area contributed by atoms with Crippen molar-refractivity contribution in [2.75, 3.05) is 26.2 Å². The number of piperidine rings is 1. The van der Waals surface area contributed by atoms with E-state index in [9.17, 15) is 9.90 Å². The second kappa shape index (κ2) is 8.24. The summed E-state index contributed by atoms with van der Waals surface area (Å²) in [5.74, 6) is 0.762. The van der Waals surface area contributed by atoms with Crippen LogP contribution in [0.1, 0.15) is 30.0 Å². The highest BCUT2D eigenvalue weighted by atomic mass is 16.3. The number of carbonyl (C=O) groups excluding carboxylic acids is 1. The molecule has 1 N–H and O–H groups in total. The second-order valence-corrected chi connectivity index (χ2v) is 7.88. The number of hydrogen-bond donors (Lipinski definition) is 1. The van der Waals surface area contributed by atoms with E-state index in [1.165, 1.54) is 5.56 Å². The highest BCUT2D eigenvalue weighted by Crippen LogP contribution is 2.30. The molecule has 0 aromatic heterocycles. The molecule has 1 unspecified atom stereocenters. The van der Waals surface area contributed by atoms with Crippen molar-refractivity contribution in [2.45, 2.75) is 31.4 Å². The van der Waals surface area contributed by atoms with Crippen LogP contribution in [0, 0.1) is 5.92 Å². The number of carbonyl (C=O) groups is 1. The fraction of sp³-hybridized carbons (Fsp3) is 0.435. The van der Waals surface area contributed by atoms with Crippen LogP contribution in [-0.2, 0) is 11.2 Å². The van der Waals surface area contributed by atoms with E-state index in [4.69, 9.17) is 0 Å². The standard InChI is InChI=1S/C23H28N2O2/c26-21-11-13-24(14-12-21)22(20-9-5-2-6-10-20)23(27)25-16-19(17-25)15-18-7-3-1-4-8-18/h1-10,19,21-22,26H,11-17H2. The van der Waals surface area contributed by atoms with Crippen LogP contribution >= 0.6 is 0 Å². The largest absolute Gasteiger partial charge is 0.393 e. The van der Waals surface area contributed by atoms with Crippen LogP contribution in [0.2, 0.25) is 0 Å². The molecule has 0 spiro atoms. The van der Waals surface area contributed by atoms with E-state index in [2.05, 4.69) is 41.3 Å². The lowest BCUT2D eigenvalue weighted by Gasteiger charge is -2.44. The molecule has 1 amide bonds. The Balaban J connectivity index is 1.42. The van der Waals surface area contributed by atoms with Crippen molar-refractivity contribution in [3.63, 3.8) is 0 Å². The number of amides is 1. The average molecular weight is 364 g/mol. The average Bonchev–Trinajstić information content (AvgIpc) is 2.68. The normalized spacial score (nSPS) is 20.3. The Labute approximate surface area is 161 Å². The molecule has 142 valence electrons. The number of aliphatic hydroxyl groups excluding tert-OH is 1. The van der Waals surface area contributed by atoms with Gasteiger partial charge in [0.05, 0.1) is 6.10 Å². The Morgan fingerprint density at radius 3 is 2.19 bits per heavy atom. The van der Waals surface area contributed by atoms with Crippen molar-refractivity contribution in [1.82, 2.24) is 9.80 Å². The second-order valence-electron chi connectivity index (χ2n) is 7.88. The molecular formula is C23H28N2O2. The monoisotopic (exact) mass is 364 g/mol. The Hall–Kier alpha value is -2.17. The topological polar surface area (TPSA) is 43.8 Å². The summed E-state index contributed by atoms with van der Waals surface area (Å²) < 4.78 is 0. The summed E-state index contributed by atoms with van der Waals surface area (Å²) in [6.07, 6.45) is 2.30. The third-order valence-electron chi connectivity index (χ3n) is 5.85. The molecule has 4 nitrogen and oxygen atoms in total. The van der Waals surface area contributed by atoms with E-state index in [0.717, 1.165) is 51.0 Å². The van der Waals surface area contributed by atoms with Crippen molar-refractivity contribution in [1.29, 1.82) is 0 Å². The Morgan fingerprint density at radius 2 is 1.56 bits per heavy atom. The summed E-state index contributed by atoms with van der Waals surface area (Å²) in [5, 5.41) is 9.84. The Morgan fingerprint density at radius 1 is 0.963 bits per heavy atom. The quantitative estimate of drug-likeness (QED) is 0.887. The highest BCUT2D eigenvalue weighted by molar-refractivity contribution is 5.84. The first kappa shape index (κ1) is 18.2. The lowest BCUT2D eigenvalue weighted by atomic mass is 9.90. The van der Waals surface area contributed by atoms with Crippen LogP contribution in [0.25, 0.3) is 0 Å². The van der Waals surface area contributed by atoms with Crippen molar-refractivity contribution in [3.8, 4) is 0 Å². The van der Waals surface area contributed by atoms with Crippen LogP contribution in [0.5, 0.6) is 0 Å². The van der Waals surface area contributed by atoms with Gasteiger partial charge in [-0.2, -0.15) is 0 Å². The van der Waals surface area contributed by atoms with Crippen LogP contribution < -0.4 is 0 Å². The first-order chi connectivity index (χ1) is 13.2. The minimum Gasteiger partial charge on any atom is -0.393 e. The van der Waals surface area contributed by atoms with Crippen molar-refractivity contribution < 1.29 is 9.90 Å². The summed E-state index contributed by atoms with van der Waals surface area (Å²) >= 11 is 0. The minimum atomic E-state index is -0.230. The molecule has 2 aliphatic rings. The SMILES string of the molecule is O=C(C(c1ccccc1)N1CCC(O)CC1)N1CC(Cc2ccccc2)C1. The maximum Gasteiger partial charge on any atom is 0.244 e. The maximum atomic E-state index is 13.3. The molecule has 2 aromatic carbocycles. The molecule has 0 aliphatic carbocycles. The van der Waals surface area contributed by atoms with Gasteiger partial charge in [-0.15, -0.1) is 0 Å². The van der Waals surface area contributed by atoms with Gasteiger partial charge in [-0.25, -0.2) is 0 Å². The van der Waals surface area contributed by atoms with Crippen molar-refractivity contribution in [2.24, 2.45) is 5.92 Å². The van der Waals surface area contributed by atoms with Crippen LogP contribution in [0.4, 0.5) is 0 Å². The van der Waals surface area contributed by atoms with Gasteiger partial charge in [-0.3, -0.25) is 9.69 Å². The summed E-state index contributed by atoms with van der Waals surface area (Å²) in [5.41, 5.74) is 2.41. The lowest BCUT2D eigenvalue weighted by Crippen LogP contribution is -2.55. The van der Waals surface area contributed by atoms with E-state index in [1.807, 2.05) is 29.2 Å². The van der Waals surface area contributed by atoms with E-state index in [0.29, 0.717) is 5.92 Å². The van der Waals surface area contributed by atoms with E-state index >= 15 is 0 Å². The zero-order valence-electron chi connectivity index (χ0n) is 15.7. The lowest BCUT2D eigenvalue weighted by molar-refractivity contribution is -0.144. The van der Waals surface area contributed by atoms with Gasteiger partial charge in [-0.05, 0) is 36.3 Å². The number of aliphatic hydroxyl groups is 1. The number of hydrogen-bond acceptors (Lipinski definition) is 3. The number of nitrogens with zero attached hydrogens (tertiary/aromatic N) is 2. The molecule has 0 bridgehead atoms. The molecule has 4 heteroatoms. The summed E-state index contributed by atoms with van der Waals surface area (Å²) in [6.45, 7) is 3.22. The number of rotatable bonds is 5. The molecule has 2 aliphatic heterocycles. The van der Waals surface area contributed by atoms with Gasteiger partial charge in [0, 0.05) is 26.2 Å². The molecule has 2 heterocycles. The first-order valence-electron chi connectivity index (χ1n) is 10.0. The van der Waals surface area contributed by atoms with Gasteiger partial charge in [0.25, 0.3) is 0 Å². The predicted molar refractivity (Wildman–Crippen MR) is 106 cm³/mol. The highest BCUT2D eigenvalue weighted by Gasteiger charge is 2.38. The molecular weight excluding hydrogens is 336 g/mol. The summed E-state index contributed by atoms with van der Waals surface area (Å²) in [4.78, 5) is 17.6. The first-order valence-corrected chi connectivity index (χ1v) is 10.0. The van der Waals surface area contributed by atoms with Gasteiger partial charge in [-0.1, -0.05) is 60.7 Å². The number of benzene rings is 2. The van der Waals surface area contributed by atoms with E-state index in [-0.39, 0.29) is 18.1 Å². The van der Waals surface area contributed by atoms with Gasteiger partial charge < -0.3 is 10.0 Å². The summed E-state index contributed by atoms with van der Waals surface area (Å²) in [7, 11) is 0. The fourth-order valence-corrected chi connectivity index (χ4v) is 4.29. The van der Waals surface area contributed by atoms with E-state index in [1.54, 1.807) is 0 Å². The molecule has 2 saturated heterocycles. The zero-order valence-corrected chi connectivity index (χ0v) is 15.7. The van der Waals surface area contributed by atoms with Gasteiger partial charge in [0.15, 0.2) is 0 Å². The third-order valence-corrected chi connectivity index (χ3v) is 5.85. The Kier molecular flexibility index (Phi) is 5.55. The van der Waals surface area contributed by atoms with Crippen molar-refractivity contribution >= 4 is 5.91 Å². The Bertz CT molecular complexity index is 735. The van der Waals surface area contributed by atoms with Gasteiger partial charge in [0.1, 0.15) is 6.04 Å². The minimum absolute atomic E-state index is 0.210.